The van der Waals surface area contributed by atoms with E-state index in [1.54, 1.807) is 50.4 Å². The van der Waals surface area contributed by atoms with E-state index in [-0.39, 0.29) is 5.57 Å². The Morgan fingerprint density at radius 1 is 1.00 bits per heavy atom. The van der Waals surface area contributed by atoms with Crippen LogP contribution in [0.4, 0.5) is 0 Å². The van der Waals surface area contributed by atoms with Crippen LogP contribution in [0.1, 0.15) is 36.3 Å². The highest BCUT2D eigenvalue weighted by Gasteiger charge is 2.49. The zero-order valence-electron chi connectivity index (χ0n) is 19.9. The fraction of sp³-hybridized carbons (Fsp3) is 0.296. The molecule has 0 unspecified atom stereocenters. The Labute approximate surface area is 208 Å². The Morgan fingerprint density at radius 3 is 2.29 bits per heavy atom. The number of halogens is 1. The summed E-state index contributed by atoms with van der Waals surface area (Å²) in [6.07, 6.45) is 0.361. The molecule has 182 valence electrons. The van der Waals surface area contributed by atoms with Gasteiger partial charge in [0.25, 0.3) is 0 Å². The van der Waals surface area contributed by atoms with Gasteiger partial charge in [0.15, 0.2) is 5.78 Å². The molecule has 1 aliphatic carbocycles. The van der Waals surface area contributed by atoms with Crippen molar-refractivity contribution in [1.82, 2.24) is 5.32 Å². The van der Waals surface area contributed by atoms with Crippen molar-refractivity contribution in [1.29, 1.82) is 0 Å². The number of dihydropyridines is 1. The molecule has 8 heteroatoms. The number of benzene rings is 2. The van der Waals surface area contributed by atoms with Gasteiger partial charge in [-0.3, -0.25) is 9.59 Å². The molecule has 35 heavy (non-hydrogen) atoms. The third-order valence-corrected chi connectivity index (χ3v) is 6.98. The molecule has 0 amide bonds. The average Bonchev–Trinajstić information content (AvgIpc) is 2.87. The smallest absolute Gasteiger partial charge is 0.336 e. The summed E-state index contributed by atoms with van der Waals surface area (Å²) >= 11 is 6.54. The van der Waals surface area contributed by atoms with Crippen LogP contribution in [0.15, 0.2) is 71.1 Å². The maximum absolute atomic E-state index is 14.1. The summed E-state index contributed by atoms with van der Waals surface area (Å²) < 4.78 is 15.4. The van der Waals surface area contributed by atoms with Gasteiger partial charge < -0.3 is 19.5 Å². The number of hydrogen-bond acceptors (Lipinski definition) is 7. The second kappa shape index (κ2) is 9.96. The van der Waals surface area contributed by atoms with Crippen molar-refractivity contribution in [3.63, 3.8) is 0 Å². The van der Waals surface area contributed by atoms with E-state index in [4.69, 9.17) is 25.8 Å². The molecule has 3 atom stereocenters. The largest absolute Gasteiger partial charge is 0.497 e. The summed E-state index contributed by atoms with van der Waals surface area (Å²) in [7, 11) is 4.12. The molecule has 2 aliphatic rings. The number of methoxy groups -OCH3 is 3. The Morgan fingerprint density at radius 2 is 1.69 bits per heavy atom. The topological polar surface area (TPSA) is 90.9 Å². The Balaban J connectivity index is 1.90. The summed E-state index contributed by atoms with van der Waals surface area (Å²) in [5.41, 5.74) is 3.20. The van der Waals surface area contributed by atoms with Crippen LogP contribution in [0.3, 0.4) is 0 Å². The normalized spacial score (nSPS) is 21.7. The minimum atomic E-state index is -1.09. The van der Waals surface area contributed by atoms with E-state index < -0.39 is 35.5 Å². The van der Waals surface area contributed by atoms with Crippen molar-refractivity contribution in [2.24, 2.45) is 5.92 Å². The van der Waals surface area contributed by atoms with Crippen LogP contribution >= 0.6 is 11.6 Å². The molecular weight excluding hydrogens is 470 g/mol. The van der Waals surface area contributed by atoms with Crippen LogP contribution in [0.25, 0.3) is 0 Å². The summed E-state index contributed by atoms with van der Waals surface area (Å²) in [5.74, 6) is -3.30. The minimum absolute atomic E-state index is 0.277. The predicted octanol–water partition coefficient (Wildman–Crippen LogP) is 4.28. The highest BCUT2D eigenvalue weighted by atomic mass is 35.5. The van der Waals surface area contributed by atoms with E-state index in [9.17, 15) is 14.4 Å². The highest BCUT2D eigenvalue weighted by molar-refractivity contribution is 6.31. The van der Waals surface area contributed by atoms with E-state index in [2.05, 4.69) is 5.32 Å². The summed E-state index contributed by atoms with van der Waals surface area (Å²) in [4.78, 5) is 39.9. The lowest BCUT2D eigenvalue weighted by Gasteiger charge is -2.39. The van der Waals surface area contributed by atoms with Gasteiger partial charge in [0, 0.05) is 33.8 Å². The van der Waals surface area contributed by atoms with Gasteiger partial charge >= 0.3 is 11.9 Å². The molecule has 0 spiro atoms. The number of Topliss-reactive ketones (excluding diaryl/α,β-unsaturated/α-hetero) is 1. The van der Waals surface area contributed by atoms with Crippen LogP contribution < -0.4 is 10.1 Å². The minimum Gasteiger partial charge on any atom is -0.497 e. The van der Waals surface area contributed by atoms with E-state index in [0.29, 0.717) is 39.7 Å². The first kappa shape index (κ1) is 24.5. The van der Waals surface area contributed by atoms with Crippen LogP contribution in [0.2, 0.25) is 5.02 Å². The summed E-state index contributed by atoms with van der Waals surface area (Å²) in [6, 6.07) is 14.3. The monoisotopic (exact) mass is 495 g/mol. The van der Waals surface area contributed by atoms with E-state index in [1.807, 2.05) is 12.1 Å². The molecule has 0 bridgehead atoms. The number of carbonyl (C=O) groups excluding carboxylic acids is 3. The third kappa shape index (κ3) is 4.32. The van der Waals surface area contributed by atoms with Crippen molar-refractivity contribution in [2.75, 3.05) is 21.3 Å². The number of allylic oxidation sites excluding steroid dienone is 3. The molecule has 0 saturated heterocycles. The second-order valence-electron chi connectivity index (χ2n) is 8.45. The number of rotatable bonds is 5. The molecule has 1 heterocycles. The van der Waals surface area contributed by atoms with E-state index in [1.165, 1.54) is 14.2 Å². The van der Waals surface area contributed by atoms with Gasteiger partial charge in [0.2, 0.25) is 0 Å². The lowest BCUT2D eigenvalue weighted by molar-refractivity contribution is -0.150. The van der Waals surface area contributed by atoms with Crippen molar-refractivity contribution in [3.05, 3.63) is 87.2 Å². The number of hydrogen-bond donors (Lipinski definition) is 1. The molecule has 0 aromatic heterocycles. The first-order valence-corrected chi connectivity index (χ1v) is 11.5. The second-order valence-corrected chi connectivity index (χ2v) is 8.86. The van der Waals surface area contributed by atoms with Gasteiger partial charge in [0.05, 0.1) is 26.9 Å². The average molecular weight is 496 g/mol. The standard InChI is InChI=1S/C27H26ClNO6/c1-14-21(26(31)34-3)22(17-7-5-6-8-19(17)28)24-20(29-14)13-18(23(25(24)30)27(32)35-4)15-9-11-16(33-2)12-10-15/h5-12,18,22-23,29H,13H2,1-4H3/t18-,22-,23+/m0/s1. The molecule has 2 aromatic rings. The molecular formula is C27H26ClNO6. The van der Waals surface area contributed by atoms with Crippen LogP contribution in [-0.2, 0) is 23.9 Å². The Bertz CT molecular complexity index is 1250. The van der Waals surface area contributed by atoms with Gasteiger partial charge in [-0.15, -0.1) is 0 Å². The molecule has 0 fully saturated rings. The molecule has 0 radical (unpaired) electrons. The van der Waals surface area contributed by atoms with Crippen LogP contribution in [-0.4, -0.2) is 39.1 Å². The third-order valence-electron chi connectivity index (χ3n) is 6.64. The van der Waals surface area contributed by atoms with Crippen molar-refractivity contribution in [2.45, 2.75) is 25.2 Å². The fourth-order valence-corrected chi connectivity index (χ4v) is 5.24. The van der Waals surface area contributed by atoms with Crippen molar-refractivity contribution < 1.29 is 28.6 Å². The number of carbonyl (C=O) groups is 3. The quantitative estimate of drug-likeness (QED) is 0.489. The number of ether oxygens (including phenoxy) is 3. The molecule has 4 rings (SSSR count). The van der Waals surface area contributed by atoms with E-state index >= 15 is 0 Å². The highest BCUT2D eigenvalue weighted by Crippen LogP contribution is 2.49. The lowest BCUT2D eigenvalue weighted by atomic mass is 9.67. The van der Waals surface area contributed by atoms with E-state index in [0.717, 1.165) is 5.56 Å². The zero-order valence-corrected chi connectivity index (χ0v) is 20.6. The van der Waals surface area contributed by atoms with Gasteiger partial charge in [-0.05, 0) is 42.7 Å². The first-order chi connectivity index (χ1) is 16.8. The lowest BCUT2D eigenvalue weighted by Crippen LogP contribution is -2.43. The Hall–Kier alpha value is -3.58. The number of esters is 2. The van der Waals surface area contributed by atoms with Crippen LogP contribution in [0, 0.1) is 5.92 Å². The van der Waals surface area contributed by atoms with Crippen LogP contribution in [0.5, 0.6) is 5.75 Å². The maximum atomic E-state index is 14.1. The molecule has 2 aromatic carbocycles. The molecule has 1 aliphatic heterocycles. The molecule has 7 nitrogen and oxygen atoms in total. The predicted molar refractivity (Wildman–Crippen MR) is 130 cm³/mol. The van der Waals surface area contributed by atoms with Gasteiger partial charge in [-0.2, -0.15) is 0 Å². The van der Waals surface area contributed by atoms with Gasteiger partial charge in [-0.1, -0.05) is 41.9 Å². The van der Waals surface area contributed by atoms with Gasteiger partial charge in [0.1, 0.15) is 11.7 Å². The van der Waals surface area contributed by atoms with Crippen molar-refractivity contribution >= 4 is 29.3 Å². The fourth-order valence-electron chi connectivity index (χ4n) is 5.00. The van der Waals surface area contributed by atoms with Gasteiger partial charge in [-0.25, -0.2) is 4.79 Å². The Kier molecular flexibility index (Phi) is 6.98. The maximum Gasteiger partial charge on any atom is 0.336 e. The number of nitrogens with one attached hydrogen (secondary N) is 1. The summed E-state index contributed by atoms with van der Waals surface area (Å²) in [5, 5.41) is 3.65. The molecule has 1 N–H and O–H groups in total. The molecule has 0 saturated carbocycles. The first-order valence-electron chi connectivity index (χ1n) is 11.1. The zero-order chi connectivity index (χ0) is 25.3. The van der Waals surface area contributed by atoms with Crippen molar-refractivity contribution in [3.8, 4) is 5.75 Å². The summed E-state index contributed by atoms with van der Waals surface area (Å²) in [6.45, 7) is 1.76. The SMILES string of the molecule is COC(=O)C1=C(C)NC2=C(C(=O)[C@H](C(=O)OC)[C@H](c3ccc(OC)cc3)C2)[C@H]1c1ccccc1Cl. The number of ketones is 1.